The van der Waals surface area contributed by atoms with Gasteiger partial charge in [-0.15, -0.1) is 0 Å². The van der Waals surface area contributed by atoms with E-state index < -0.39 is 6.56 Å². The second-order valence-electron chi connectivity index (χ2n) is 6.08. The SMILES string of the molecule is [2H]C([2H])(O)CCOC1CCN(c2ccc3c(n2)[nH]c2ccncc23)CC1. The van der Waals surface area contributed by atoms with Crippen LogP contribution in [0.1, 0.15) is 22.0 Å². The number of aromatic amines is 1. The molecule has 6 heteroatoms. The van der Waals surface area contributed by atoms with Crippen molar-refractivity contribution in [3.05, 3.63) is 30.6 Å². The second-order valence-corrected chi connectivity index (χ2v) is 6.08. The predicted molar refractivity (Wildman–Crippen MR) is 94.3 cm³/mol. The van der Waals surface area contributed by atoms with E-state index in [0.29, 0.717) is 0 Å². The van der Waals surface area contributed by atoms with E-state index >= 15 is 0 Å². The Morgan fingerprint density at radius 2 is 2.17 bits per heavy atom. The summed E-state index contributed by atoms with van der Waals surface area (Å²) in [5, 5.41) is 11.3. The summed E-state index contributed by atoms with van der Waals surface area (Å²) in [7, 11) is 0. The van der Waals surface area contributed by atoms with E-state index in [1.165, 1.54) is 0 Å². The Balaban J connectivity index is 1.40. The van der Waals surface area contributed by atoms with Gasteiger partial charge < -0.3 is 19.7 Å². The van der Waals surface area contributed by atoms with Gasteiger partial charge in [-0.05, 0) is 37.5 Å². The molecule has 1 fully saturated rings. The minimum Gasteiger partial charge on any atom is -0.396 e. The normalized spacial score (nSPS) is 18.1. The lowest BCUT2D eigenvalue weighted by molar-refractivity contribution is 0.0293. The highest BCUT2D eigenvalue weighted by atomic mass is 16.5. The van der Waals surface area contributed by atoms with Crippen molar-refractivity contribution in [3.8, 4) is 0 Å². The lowest BCUT2D eigenvalue weighted by Crippen LogP contribution is -2.37. The molecule has 4 heterocycles. The number of ether oxygens (including phenoxy) is 1. The van der Waals surface area contributed by atoms with Crippen LogP contribution in [0, 0.1) is 0 Å². The molecule has 24 heavy (non-hydrogen) atoms. The number of pyridine rings is 2. The third-order valence-electron chi connectivity index (χ3n) is 4.58. The number of nitrogens with zero attached hydrogens (tertiary/aromatic N) is 3. The Morgan fingerprint density at radius 3 is 3.00 bits per heavy atom. The maximum absolute atomic E-state index is 9.11. The Labute approximate surface area is 143 Å². The van der Waals surface area contributed by atoms with Crippen LogP contribution >= 0.6 is 0 Å². The first-order valence-electron chi connectivity index (χ1n) is 9.31. The summed E-state index contributed by atoms with van der Waals surface area (Å²) < 4.78 is 19.9. The molecule has 0 aliphatic carbocycles. The van der Waals surface area contributed by atoms with Crippen LogP contribution < -0.4 is 4.90 Å². The van der Waals surface area contributed by atoms with Gasteiger partial charge in [0.2, 0.25) is 0 Å². The zero-order valence-corrected chi connectivity index (χ0v) is 13.4. The summed E-state index contributed by atoms with van der Waals surface area (Å²) in [5.41, 5.74) is 1.91. The van der Waals surface area contributed by atoms with Crippen molar-refractivity contribution in [2.45, 2.75) is 25.4 Å². The molecule has 3 aromatic rings. The summed E-state index contributed by atoms with van der Waals surface area (Å²) in [6.07, 6.45) is 5.46. The number of aromatic nitrogens is 3. The number of H-pyrrole nitrogens is 1. The average molecular weight is 328 g/mol. The number of hydrogen-bond acceptors (Lipinski definition) is 5. The Bertz CT molecular complexity index is 901. The highest BCUT2D eigenvalue weighted by molar-refractivity contribution is 6.05. The first-order valence-corrected chi connectivity index (χ1v) is 8.31. The van der Waals surface area contributed by atoms with Crippen LogP contribution in [0.4, 0.5) is 5.82 Å². The summed E-state index contributed by atoms with van der Waals surface area (Å²) >= 11 is 0. The van der Waals surface area contributed by atoms with Gasteiger partial charge in [0.05, 0.1) is 14.4 Å². The van der Waals surface area contributed by atoms with Crippen molar-refractivity contribution in [2.24, 2.45) is 0 Å². The first kappa shape index (κ1) is 13.1. The second kappa shape index (κ2) is 6.75. The molecular weight excluding hydrogens is 304 g/mol. The number of rotatable bonds is 5. The summed E-state index contributed by atoms with van der Waals surface area (Å²) in [4.78, 5) is 14.5. The summed E-state index contributed by atoms with van der Waals surface area (Å²) in [6, 6.07) is 6.09. The predicted octanol–water partition coefficient (Wildman–Crippen LogP) is 2.48. The molecule has 3 aromatic heterocycles. The van der Waals surface area contributed by atoms with E-state index in [9.17, 15) is 0 Å². The molecule has 0 saturated carbocycles. The molecule has 6 nitrogen and oxygen atoms in total. The maximum Gasteiger partial charge on any atom is 0.140 e. The van der Waals surface area contributed by atoms with Crippen LogP contribution in [0.3, 0.4) is 0 Å². The molecule has 1 saturated heterocycles. The van der Waals surface area contributed by atoms with Crippen molar-refractivity contribution >= 4 is 27.8 Å². The molecule has 0 atom stereocenters. The molecule has 2 N–H and O–H groups in total. The Kier molecular flexibility index (Phi) is 3.70. The summed E-state index contributed by atoms with van der Waals surface area (Å²) in [6.45, 7) is -0.232. The van der Waals surface area contributed by atoms with Gasteiger partial charge in [0.25, 0.3) is 0 Å². The first-order chi connectivity index (χ1) is 12.5. The molecule has 1 aliphatic rings. The van der Waals surface area contributed by atoms with Gasteiger partial charge in [0.15, 0.2) is 0 Å². The highest BCUT2D eigenvalue weighted by Gasteiger charge is 2.21. The van der Waals surface area contributed by atoms with Gasteiger partial charge in [-0.25, -0.2) is 4.98 Å². The van der Waals surface area contributed by atoms with E-state index in [1.807, 2.05) is 18.3 Å². The average Bonchev–Trinajstić information content (AvgIpc) is 2.99. The Morgan fingerprint density at radius 1 is 1.29 bits per heavy atom. The number of fused-ring (bicyclic) bond motifs is 3. The number of anilines is 1. The van der Waals surface area contributed by atoms with Crippen LogP contribution in [-0.4, -0.2) is 52.4 Å². The minimum atomic E-state index is -2.16. The summed E-state index contributed by atoms with van der Waals surface area (Å²) in [5.74, 6) is 0.946. The fourth-order valence-corrected chi connectivity index (χ4v) is 3.31. The molecule has 126 valence electrons. The largest absolute Gasteiger partial charge is 0.396 e. The molecule has 0 aromatic carbocycles. The molecule has 1 aliphatic heterocycles. The van der Waals surface area contributed by atoms with Crippen LogP contribution in [0.15, 0.2) is 30.6 Å². The zero-order chi connectivity index (χ0) is 18.1. The number of piperidine rings is 1. The van der Waals surface area contributed by atoms with Crippen LogP contribution in [-0.2, 0) is 4.74 Å². The number of hydrogen-bond donors (Lipinski definition) is 2. The fourth-order valence-electron chi connectivity index (χ4n) is 3.31. The monoisotopic (exact) mass is 328 g/mol. The van der Waals surface area contributed by atoms with Gasteiger partial charge in [-0.2, -0.15) is 0 Å². The van der Waals surface area contributed by atoms with Gasteiger partial charge in [-0.3, -0.25) is 4.98 Å². The van der Waals surface area contributed by atoms with E-state index in [-0.39, 0.29) is 19.1 Å². The van der Waals surface area contributed by atoms with Gasteiger partial charge in [0.1, 0.15) is 11.5 Å². The molecule has 0 amide bonds. The molecule has 0 spiro atoms. The van der Waals surface area contributed by atoms with Crippen LogP contribution in [0.25, 0.3) is 21.9 Å². The topological polar surface area (TPSA) is 74.3 Å². The van der Waals surface area contributed by atoms with Crippen molar-refractivity contribution in [1.29, 1.82) is 0 Å². The van der Waals surface area contributed by atoms with Gasteiger partial charge >= 0.3 is 0 Å². The lowest BCUT2D eigenvalue weighted by atomic mass is 10.1. The third kappa shape index (κ3) is 2.95. The lowest BCUT2D eigenvalue weighted by Gasteiger charge is -2.32. The van der Waals surface area contributed by atoms with Gasteiger partial charge in [-0.1, -0.05) is 0 Å². The van der Waals surface area contributed by atoms with E-state index in [0.717, 1.165) is 53.7 Å². The van der Waals surface area contributed by atoms with E-state index in [1.54, 1.807) is 6.20 Å². The molecule has 4 rings (SSSR count). The standard InChI is InChI=1S/C18H22N4O2/c23-10-1-11-24-13-5-8-22(9-6-13)17-3-2-14-15-12-19-7-4-16(15)20-18(14)21-17/h2-4,7,12-13,23H,1,5-6,8-11H2,(H,20,21)/i10D2. The quantitative estimate of drug-likeness (QED) is 0.753. The van der Waals surface area contributed by atoms with Crippen LogP contribution in [0.5, 0.6) is 0 Å². The minimum absolute atomic E-state index is 0.000672. The number of nitrogens with one attached hydrogen (secondary N) is 1. The third-order valence-corrected chi connectivity index (χ3v) is 4.58. The Hall–Kier alpha value is -2.18. The zero-order valence-electron chi connectivity index (χ0n) is 15.4. The molecular formula is C18H22N4O2. The van der Waals surface area contributed by atoms with Crippen LogP contribution in [0.2, 0.25) is 0 Å². The smallest absolute Gasteiger partial charge is 0.140 e. The van der Waals surface area contributed by atoms with E-state index in [2.05, 4.69) is 20.9 Å². The van der Waals surface area contributed by atoms with Crippen molar-refractivity contribution in [3.63, 3.8) is 0 Å². The van der Waals surface area contributed by atoms with Crippen molar-refractivity contribution in [2.75, 3.05) is 31.2 Å². The van der Waals surface area contributed by atoms with Crippen molar-refractivity contribution < 1.29 is 12.6 Å². The number of aliphatic hydroxyl groups is 1. The molecule has 0 radical (unpaired) electrons. The molecule has 0 bridgehead atoms. The fraction of sp³-hybridized carbons (Fsp3) is 0.444. The maximum atomic E-state index is 9.11. The van der Waals surface area contributed by atoms with Crippen molar-refractivity contribution in [1.82, 2.24) is 15.0 Å². The highest BCUT2D eigenvalue weighted by Crippen LogP contribution is 2.27. The molecule has 0 unspecified atom stereocenters. The van der Waals surface area contributed by atoms with E-state index in [4.69, 9.17) is 17.6 Å². The van der Waals surface area contributed by atoms with Gasteiger partial charge in [0, 0.05) is 49.4 Å².